The molecule has 0 aliphatic heterocycles. The number of carbonyl (C=O) groups excluding carboxylic acids is 2. The highest BCUT2D eigenvalue weighted by molar-refractivity contribution is 7.10. The quantitative estimate of drug-likeness (QED) is 0.648. The summed E-state index contributed by atoms with van der Waals surface area (Å²) in [6.45, 7) is -0.535. The van der Waals surface area contributed by atoms with Crippen molar-refractivity contribution in [2.75, 3.05) is 6.61 Å². The maximum absolute atomic E-state index is 13.2. The molecule has 0 bridgehead atoms. The lowest BCUT2D eigenvalue weighted by Gasteiger charge is -2.18. The number of amides is 1. The zero-order chi connectivity index (χ0) is 19.2. The lowest BCUT2D eigenvalue weighted by Crippen LogP contribution is -2.32. The molecule has 4 nitrogen and oxygen atoms in total. The predicted octanol–water partition coefficient (Wildman–Crippen LogP) is 4.09. The van der Waals surface area contributed by atoms with Crippen LogP contribution in [0.4, 0.5) is 8.78 Å². The monoisotopic (exact) mass is 387 g/mol. The van der Waals surface area contributed by atoms with Gasteiger partial charge in [0.05, 0.1) is 11.6 Å². The standard InChI is InChI=1S/C20H15F2NO3S/c21-15-9-8-14(11-16(15)22)20(25)26-12-18(24)23-19(17-7-4-10-27-17)13-5-2-1-3-6-13/h1-11,19H,12H2,(H,23,24)/t19-/m0/s1. The Kier molecular flexibility index (Phi) is 5.93. The Morgan fingerprint density at radius 2 is 1.78 bits per heavy atom. The highest BCUT2D eigenvalue weighted by atomic mass is 32.1. The number of thiophene rings is 1. The van der Waals surface area contributed by atoms with Crippen LogP contribution in [0.5, 0.6) is 0 Å². The zero-order valence-electron chi connectivity index (χ0n) is 14.0. The van der Waals surface area contributed by atoms with Gasteiger partial charge in [-0.2, -0.15) is 0 Å². The number of hydrogen-bond donors (Lipinski definition) is 1. The van der Waals surface area contributed by atoms with Gasteiger partial charge in [0.25, 0.3) is 5.91 Å². The van der Waals surface area contributed by atoms with Crippen LogP contribution < -0.4 is 5.32 Å². The SMILES string of the molecule is O=C(COC(=O)c1ccc(F)c(F)c1)N[C@@H](c1ccccc1)c1cccs1. The molecule has 1 atom stereocenters. The van der Waals surface area contributed by atoms with E-state index in [0.717, 1.165) is 28.6 Å². The third-order valence-electron chi connectivity index (χ3n) is 3.76. The first-order valence-electron chi connectivity index (χ1n) is 8.04. The van der Waals surface area contributed by atoms with Crippen LogP contribution in [0.1, 0.15) is 26.8 Å². The maximum Gasteiger partial charge on any atom is 0.338 e. The molecule has 0 saturated heterocycles. The number of rotatable bonds is 6. The van der Waals surface area contributed by atoms with E-state index in [0.29, 0.717) is 0 Å². The Bertz CT molecular complexity index is 930. The van der Waals surface area contributed by atoms with Gasteiger partial charge in [0.15, 0.2) is 18.2 Å². The van der Waals surface area contributed by atoms with Gasteiger partial charge in [-0.25, -0.2) is 13.6 Å². The third kappa shape index (κ3) is 4.77. The van der Waals surface area contributed by atoms with Gasteiger partial charge in [0.1, 0.15) is 0 Å². The number of halogens is 2. The maximum atomic E-state index is 13.2. The minimum absolute atomic E-state index is 0.167. The number of carbonyl (C=O) groups is 2. The van der Waals surface area contributed by atoms with Crippen LogP contribution in [0.2, 0.25) is 0 Å². The summed E-state index contributed by atoms with van der Waals surface area (Å²) in [5.41, 5.74) is 0.722. The van der Waals surface area contributed by atoms with E-state index in [4.69, 9.17) is 4.74 Å². The highest BCUT2D eigenvalue weighted by Crippen LogP contribution is 2.25. The molecule has 0 aliphatic carbocycles. The van der Waals surface area contributed by atoms with Crippen LogP contribution in [-0.2, 0) is 9.53 Å². The molecule has 1 amide bonds. The van der Waals surface area contributed by atoms with Crippen LogP contribution in [-0.4, -0.2) is 18.5 Å². The molecule has 0 fully saturated rings. The van der Waals surface area contributed by atoms with Crippen molar-refractivity contribution < 1.29 is 23.1 Å². The second kappa shape index (κ2) is 8.55. The first-order chi connectivity index (χ1) is 13.0. The van der Waals surface area contributed by atoms with E-state index in [-0.39, 0.29) is 11.6 Å². The highest BCUT2D eigenvalue weighted by Gasteiger charge is 2.19. The summed E-state index contributed by atoms with van der Waals surface area (Å²) in [5, 5.41) is 4.73. The summed E-state index contributed by atoms with van der Waals surface area (Å²) in [6.07, 6.45) is 0. The van der Waals surface area contributed by atoms with Crippen LogP contribution in [0.25, 0.3) is 0 Å². The summed E-state index contributed by atoms with van der Waals surface area (Å²) in [5.74, 6) is -3.63. The Morgan fingerprint density at radius 3 is 2.44 bits per heavy atom. The molecule has 1 N–H and O–H groups in total. The first-order valence-corrected chi connectivity index (χ1v) is 8.92. The van der Waals surface area contributed by atoms with E-state index < -0.39 is 30.1 Å². The van der Waals surface area contributed by atoms with Crippen molar-refractivity contribution in [3.8, 4) is 0 Å². The van der Waals surface area contributed by atoms with Gasteiger partial charge in [0, 0.05) is 4.88 Å². The van der Waals surface area contributed by atoms with Gasteiger partial charge in [0.2, 0.25) is 0 Å². The molecule has 138 valence electrons. The van der Waals surface area contributed by atoms with Crippen LogP contribution in [0, 0.1) is 11.6 Å². The van der Waals surface area contributed by atoms with Gasteiger partial charge in [-0.3, -0.25) is 4.79 Å². The molecule has 0 spiro atoms. The molecule has 0 radical (unpaired) electrons. The number of nitrogens with one attached hydrogen (secondary N) is 1. The summed E-state index contributed by atoms with van der Waals surface area (Å²) in [7, 11) is 0. The number of hydrogen-bond acceptors (Lipinski definition) is 4. The third-order valence-corrected chi connectivity index (χ3v) is 4.69. The number of ether oxygens (including phenoxy) is 1. The van der Waals surface area contributed by atoms with Gasteiger partial charge in [-0.05, 0) is 35.2 Å². The molecule has 3 rings (SSSR count). The Hall–Kier alpha value is -3.06. The van der Waals surface area contributed by atoms with Gasteiger partial charge < -0.3 is 10.1 Å². The minimum atomic E-state index is -1.16. The van der Waals surface area contributed by atoms with Crippen molar-refractivity contribution in [1.82, 2.24) is 5.32 Å². The lowest BCUT2D eigenvalue weighted by molar-refractivity contribution is -0.124. The van der Waals surface area contributed by atoms with Gasteiger partial charge in [-0.15, -0.1) is 11.3 Å². The average Bonchev–Trinajstić information content (AvgIpc) is 3.21. The molecular formula is C20H15F2NO3S. The molecule has 2 aromatic carbocycles. The van der Waals surface area contributed by atoms with Gasteiger partial charge in [-0.1, -0.05) is 36.4 Å². The van der Waals surface area contributed by atoms with E-state index >= 15 is 0 Å². The van der Waals surface area contributed by atoms with E-state index in [9.17, 15) is 18.4 Å². The zero-order valence-corrected chi connectivity index (χ0v) is 14.8. The van der Waals surface area contributed by atoms with Gasteiger partial charge >= 0.3 is 5.97 Å². The molecule has 1 aromatic heterocycles. The predicted molar refractivity (Wildman–Crippen MR) is 97.4 cm³/mol. The second-order valence-electron chi connectivity index (χ2n) is 5.63. The Morgan fingerprint density at radius 1 is 1.00 bits per heavy atom. The summed E-state index contributed by atoms with van der Waals surface area (Å²) in [4.78, 5) is 25.1. The molecule has 27 heavy (non-hydrogen) atoms. The number of benzene rings is 2. The van der Waals surface area contributed by atoms with Crippen molar-refractivity contribution in [1.29, 1.82) is 0 Å². The van der Waals surface area contributed by atoms with Crippen molar-refractivity contribution >= 4 is 23.2 Å². The molecule has 0 saturated carbocycles. The average molecular weight is 387 g/mol. The molecule has 0 aliphatic rings. The van der Waals surface area contributed by atoms with E-state index in [1.54, 1.807) is 0 Å². The van der Waals surface area contributed by atoms with Crippen LogP contribution in [0.15, 0.2) is 66.0 Å². The van der Waals surface area contributed by atoms with Crippen molar-refractivity contribution in [2.45, 2.75) is 6.04 Å². The molecule has 1 heterocycles. The fraction of sp³-hybridized carbons (Fsp3) is 0.100. The molecular weight excluding hydrogens is 372 g/mol. The van der Waals surface area contributed by atoms with E-state index in [2.05, 4.69) is 5.32 Å². The lowest BCUT2D eigenvalue weighted by atomic mass is 10.1. The fourth-order valence-electron chi connectivity index (χ4n) is 2.46. The smallest absolute Gasteiger partial charge is 0.338 e. The fourth-order valence-corrected chi connectivity index (χ4v) is 3.26. The van der Waals surface area contributed by atoms with Crippen molar-refractivity contribution in [3.05, 3.63) is 93.7 Å². The van der Waals surface area contributed by atoms with Crippen LogP contribution in [0.3, 0.4) is 0 Å². The van der Waals surface area contributed by atoms with Crippen molar-refractivity contribution in [2.24, 2.45) is 0 Å². The Balaban J connectivity index is 1.64. The summed E-state index contributed by atoms with van der Waals surface area (Å²) < 4.78 is 31.0. The largest absolute Gasteiger partial charge is 0.452 e. The van der Waals surface area contributed by atoms with E-state index in [1.165, 1.54) is 11.3 Å². The molecule has 7 heteroatoms. The minimum Gasteiger partial charge on any atom is -0.452 e. The van der Waals surface area contributed by atoms with Crippen molar-refractivity contribution in [3.63, 3.8) is 0 Å². The topological polar surface area (TPSA) is 55.4 Å². The molecule has 3 aromatic rings. The summed E-state index contributed by atoms with van der Waals surface area (Å²) >= 11 is 1.49. The van der Waals surface area contributed by atoms with E-state index in [1.807, 2.05) is 47.8 Å². The molecule has 0 unspecified atom stereocenters. The normalized spacial score (nSPS) is 11.6. The Labute approximate surface area is 158 Å². The first kappa shape index (κ1) is 18.7. The number of esters is 1. The second-order valence-corrected chi connectivity index (χ2v) is 6.61. The summed E-state index contributed by atoms with van der Waals surface area (Å²) in [6, 6.07) is 15.4. The van der Waals surface area contributed by atoms with Crippen LogP contribution >= 0.6 is 11.3 Å².